The number of rotatable bonds is 5. The first-order chi connectivity index (χ1) is 15.4. The molecule has 1 N–H and O–H groups in total. The molecule has 2 saturated carbocycles. The molecule has 6 nitrogen and oxygen atoms in total. The number of nitrogens with zero attached hydrogens (tertiary/aromatic N) is 4. The highest BCUT2D eigenvalue weighted by Crippen LogP contribution is 2.48. The van der Waals surface area contributed by atoms with Gasteiger partial charge in [0.05, 0.1) is 6.20 Å². The lowest BCUT2D eigenvalue weighted by molar-refractivity contribution is -0.117. The summed E-state index contributed by atoms with van der Waals surface area (Å²) in [5, 5.41) is 9.91. The molecular formula is C24H25ClFN5O. The lowest BCUT2D eigenvalue weighted by Gasteiger charge is -2.48. The van der Waals surface area contributed by atoms with Crippen molar-refractivity contribution in [2.75, 3.05) is 18.4 Å². The van der Waals surface area contributed by atoms with Crippen LogP contribution in [0.5, 0.6) is 0 Å². The molecular weight excluding hydrogens is 429 g/mol. The van der Waals surface area contributed by atoms with E-state index >= 15 is 0 Å². The number of anilines is 1. The van der Waals surface area contributed by atoms with E-state index in [2.05, 4.69) is 26.4 Å². The zero-order valence-electron chi connectivity index (χ0n) is 17.8. The number of nitrogens with one attached hydrogen (secondary N) is 1. The number of fused-ring (bicyclic) bond motifs is 1. The molecule has 6 rings (SSSR count). The van der Waals surface area contributed by atoms with Crippen molar-refractivity contribution in [1.82, 2.24) is 19.7 Å². The number of amides is 1. The number of likely N-dealkylation sites (tertiary alicyclic amines) is 1. The highest BCUT2D eigenvalue weighted by Gasteiger charge is 2.45. The number of halogens is 2. The third kappa shape index (κ3) is 3.57. The number of alkyl halides is 1. The van der Waals surface area contributed by atoms with Crippen LogP contribution in [0.15, 0.2) is 36.8 Å². The van der Waals surface area contributed by atoms with Crippen molar-refractivity contribution in [1.29, 1.82) is 0 Å². The Morgan fingerprint density at radius 3 is 2.69 bits per heavy atom. The number of pyridine rings is 1. The zero-order valence-corrected chi connectivity index (χ0v) is 18.6. The van der Waals surface area contributed by atoms with E-state index in [1.807, 2.05) is 31.6 Å². The molecule has 3 heterocycles. The van der Waals surface area contributed by atoms with Crippen molar-refractivity contribution >= 4 is 34.1 Å². The summed E-state index contributed by atoms with van der Waals surface area (Å²) in [6.07, 6.45) is 7.79. The largest absolute Gasteiger partial charge is 0.310 e. The van der Waals surface area contributed by atoms with Gasteiger partial charge in [-0.3, -0.25) is 14.4 Å². The van der Waals surface area contributed by atoms with Crippen molar-refractivity contribution in [2.45, 2.75) is 43.3 Å². The fraction of sp³-hybridized carbons (Fsp3) is 0.458. The van der Waals surface area contributed by atoms with E-state index in [0.717, 1.165) is 46.2 Å². The maximum Gasteiger partial charge on any atom is 0.229 e. The lowest BCUT2D eigenvalue weighted by Crippen LogP contribution is -2.57. The van der Waals surface area contributed by atoms with E-state index in [9.17, 15) is 9.18 Å². The summed E-state index contributed by atoms with van der Waals surface area (Å²) >= 11 is 6.58. The Hall–Kier alpha value is -2.51. The summed E-state index contributed by atoms with van der Waals surface area (Å²) in [5.74, 6) is 1.17. The number of aromatic nitrogens is 3. The second kappa shape index (κ2) is 7.52. The average molecular weight is 454 g/mol. The summed E-state index contributed by atoms with van der Waals surface area (Å²) in [4.78, 5) is 19.4. The molecule has 166 valence electrons. The predicted octanol–water partition coefficient (Wildman–Crippen LogP) is 4.26. The zero-order chi connectivity index (χ0) is 22.0. The molecule has 1 aliphatic heterocycles. The smallest absolute Gasteiger partial charge is 0.229 e. The van der Waals surface area contributed by atoms with Crippen LogP contribution in [0.25, 0.3) is 10.8 Å². The first kappa shape index (κ1) is 20.1. The van der Waals surface area contributed by atoms with Gasteiger partial charge in [-0.1, -0.05) is 11.6 Å². The van der Waals surface area contributed by atoms with E-state index in [-0.39, 0.29) is 17.7 Å². The summed E-state index contributed by atoms with van der Waals surface area (Å²) in [7, 11) is 1.88. The summed E-state index contributed by atoms with van der Waals surface area (Å²) in [6.45, 7) is 1.14. The molecule has 1 amide bonds. The normalized spacial score (nSPS) is 27.7. The number of carbonyl (C=O) groups excluding carboxylic acids is 1. The molecule has 0 unspecified atom stereocenters. The van der Waals surface area contributed by atoms with Crippen LogP contribution < -0.4 is 5.32 Å². The SMILES string of the molecule is Cn1cc([C@H]2C[C@@H]2C(=O)Nc2cc3cc([C@H]4C[C@@H](N5CC(F)C5)C4)c(Cl)cc3cn2)cn1. The second-order valence-electron chi connectivity index (χ2n) is 9.55. The van der Waals surface area contributed by atoms with Gasteiger partial charge < -0.3 is 5.32 Å². The number of hydrogen-bond donors (Lipinski definition) is 1. The van der Waals surface area contributed by atoms with Gasteiger partial charge in [0.25, 0.3) is 0 Å². The molecule has 1 aromatic carbocycles. The van der Waals surface area contributed by atoms with Gasteiger partial charge in [0.15, 0.2) is 0 Å². The molecule has 1 saturated heterocycles. The van der Waals surface area contributed by atoms with Gasteiger partial charge in [0.1, 0.15) is 12.0 Å². The third-order valence-corrected chi connectivity index (χ3v) is 7.63. The van der Waals surface area contributed by atoms with Gasteiger partial charge in [0.2, 0.25) is 5.91 Å². The van der Waals surface area contributed by atoms with Crippen LogP contribution in [0.2, 0.25) is 5.02 Å². The van der Waals surface area contributed by atoms with Gasteiger partial charge in [-0.05, 0) is 65.8 Å². The van der Waals surface area contributed by atoms with Crippen LogP contribution >= 0.6 is 11.6 Å². The van der Waals surface area contributed by atoms with E-state index < -0.39 is 6.17 Å². The number of carbonyl (C=O) groups is 1. The highest BCUT2D eigenvalue weighted by molar-refractivity contribution is 6.32. The quantitative estimate of drug-likeness (QED) is 0.626. The summed E-state index contributed by atoms with van der Waals surface area (Å²) in [5.41, 5.74) is 2.24. The third-order valence-electron chi connectivity index (χ3n) is 7.30. The Balaban J connectivity index is 1.14. The van der Waals surface area contributed by atoms with Crippen molar-refractivity contribution < 1.29 is 9.18 Å². The van der Waals surface area contributed by atoms with Gasteiger partial charge >= 0.3 is 0 Å². The molecule has 8 heteroatoms. The monoisotopic (exact) mass is 453 g/mol. The minimum Gasteiger partial charge on any atom is -0.310 e. The number of aryl methyl sites for hydroxylation is 1. The van der Waals surface area contributed by atoms with E-state index in [1.54, 1.807) is 10.9 Å². The minimum absolute atomic E-state index is 0.00226. The molecule has 2 aromatic heterocycles. The molecule has 3 fully saturated rings. The van der Waals surface area contributed by atoms with Gasteiger partial charge in [0, 0.05) is 54.9 Å². The van der Waals surface area contributed by atoms with Crippen molar-refractivity contribution in [3.63, 3.8) is 0 Å². The summed E-state index contributed by atoms with van der Waals surface area (Å²) in [6, 6.07) is 6.48. The number of benzene rings is 1. The average Bonchev–Trinajstić information content (AvgIpc) is 3.40. The van der Waals surface area contributed by atoms with Crippen molar-refractivity contribution in [3.05, 3.63) is 52.9 Å². The van der Waals surface area contributed by atoms with Gasteiger partial charge in [-0.15, -0.1) is 0 Å². The van der Waals surface area contributed by atoms with Gasteiger partial charge in [-0.2, -0.15) is 5.10 Å². The summed E-state index contributed by atoms with van der Waals surface area (Å²) < 4.78 is 14.9. The standard InChI is InChI=1S/C24H25ClFN5O/c1-30-10-16(9-28-30)19-7-21(19)24(32)29-23-6-13-4-20(22(25)5-15(13)8-27-23)14-2-18(3-14)31-11-17(26)12-31/h4-6,8-10,14,17-19,21H,2-3,7,11-12H2,1H3,(H,27,29,32)/t14-,18+,19-,21+/m1/s1. The van der Waals surface area contributed by atoms with Crippen LogP contribution in [0.3, 0.4) is 0 Å². The Morgan fingerprint density at radius 2 is 1.97 bits per heavy atom. The topological polar surface area (TPSA) is 63.1 Å². The van der Waals surface area contributed by atoms with Crippen LogP contribution in [-0.2, 0) is 11.8 Å². The Labute approximate surface area is 190 Å². The first-order valence-corrected chi connectivity index (χ1v) is 11.6. The van der Waals surface area contributed by atoms with Gasteiger partial charge in [-0.25, -0.2) is 9.37 Å². The second-order valence-corrected chi connectivity index (χ2v) is 9.96. The van der Waals surface area contributed by atoms with Crippen LogP contribution in [0, 0.1) is 5.92 Å². The Bertz CT molecular complexity index is 1200. The fourth-order valence-corrected chi connectivity index (χ4v) is 5.49. The molecule has 3 aromatic rings. The maximum absolute atomic E-state index is 13.1. The lowest BCUT2D eigenvalue weighted by atomic mass is 9.74. The maximum atomic E-state index is 13.1. The first-order valence-electron chi connectivity index (χ1n) is 11.2. The van der Waals surface area contributed by atoms with Crippen molar-refractivity contribution in [2.24, 2.45) is 13.0 Å². The molecule has 0 radical (unpaired) electrons. The minimum atomic E-state index is -0.658. The Morgan fingerprint density at radius 1 is 1.16 bits per heavy atom. The van der Waals surface area contributed by atoms with E-state index in [0.29, 0.717) is 30.9 Å². The molecule has 0 spiro atoms. The fourth-order valence-electron chi connectivity index (χ4n) is 5.16. The molecule has 2 atom stereocenters. The van der Waals surface area contributed by atoms with Crippen LogP contribution in [0.1, 0.15) is 42.2 Å². The molecule has 3 aliphatic rings. The Kier molecular flexibility index (Phi) is 4.73. The molecule has 2 aliphatic carbocycles. The van der Waals surface area contributed by atoms with E-state index in [1.165, 1.54) is 0 Å². The highest BCUT2D eigenvalue weighted by atomic mass is 35.5. The van der Waals surface area contributed by atoms with Crippen LogP contribution in [-0.4, -0.2) is 50.9 Å². The number of hydrogen-bond acceptors (Lipinski definition) is 4. The van der Waals surface area contributed by atoms with Crippen molar-refractivity contribution in [3.8, 4) is 0 Å². The van der Waals surface area contributed by atoms with Crippen LogP contribution in [0.4, 0.5) is 10.2 Å². The predicted molar refractivity (Wildman–Crippen MR) is 122 cm³/mol. The van der Waals surface area contributed by atoms with E-state index in [4.69, 9.17) is 11.6 Å². The molecule has 32 heavy (non-hydrogen) atoms. The molecule has 0 bridgehead atoms.